The molecular formula is C26H45NO23. The molecule has 292 valence electrons. The highest BCUT2D eigenvalue weighted by molar-refractivity contribution is 5.73. The summed E-state index contributed by atoms with van der Waals surface area (Å²) < 4.78 is 26.6. The highest BCUT2D eigenvalue weighted by Gasteiger charge is 2.85. The van der Waals surface area contributed by atoms with Crippen molar-refractivity contribution in [2.75, 3.05) is 26.4 Å². The topological polar surface area (TPSA) is 419 Å². The van der Waals surface area contributed by atoms with Gasteiger partial charge in [-0.25, -0.2) is 0 Å². The van der Waals surface area contributed by atoms with Crippen LogP contribution in [0.25, 0.3) is 0 Å². The lowest BCUT2D eigenvalue weighted by Gasteiger charge is -2.66. The number of ether oxygens (including phenoxy) is 5. The summed E-state index contributed by atoms with van der Waals surface area (Å²) >= 11 is 0. The first kappa shape index (κ1) is 41.3. The zero-order valence-corrected chi connectivity index (χ0v) is 26.1. The van der Waals surface area contributed by atoms with Crippen molar-refractivity contribution >= 4 is 5.91 Å². The molecule has 0 aromatic heterocycles. The summed E-state index contributed by atoms with van der Waals surface area (Å²) in [4.78, 5) is 12.2. The predicted octanol–water partition coefficient (Wildman–Crippen LogP) is -12.2. The standard InChI is InChI=1S/C26H45NO23/c1-6(32)27-18-13(36)10(33)7(2-28)48-25(18,44)24(43)20(41)11(34)8(3-29)49-26(24,45)23(5-31)19(40)14(37)16(39)22(50-23)47-17-9(4-30)46-21(42)15(38)12(17)35/h7-22,28-31,33-45H,2-5H2,1H3,(H,27,32)/t7?,8?,9-,10?,11?,12-,13?,14-,15-,16-,17-,18?,19-,20?,21-,22+,23-,24?,25?,26?/m1/s1. The lowest BCUT2D eigenvalue weighted by atomic mass is 9.62. The van der Waals surface area contributed by atoms with Gasteiger partial charge in [-0.15, -0.1) is 0 Å². The molecule has 0 aromatic carbocycles. The molecule has 4 fully saturated rings. The summed E-state index contributed by atoms with van der Waals surface area (Å²) in [7, 11) is 0. The second-order valence-corrected chi connectivity index (χ2v) is 12.7. The number of nitrogens with one attached hydrogen (secondary N) is 1. The highest BCUT2D eigenvalue weighted by Crippen LogP contribution is 2.55. The fraction of sp³-hybridized carbons (Fsp3) is 0.962. The second kappa shape index (κ2) is 14.8. The third-order valence-electron chi connectivity index (χ3n) is 9.76. The van der Waals surface area contributed by atoms with E-state index < -0.39 is 153 Å². The van der Waals surface area contributed by atoms with E-state index in [2.05, 4.69) is 0 Å². The van der Waals surface area contributed by atoms with Crippen LogP contribution in [0.5, 0.6) is 0 Å². The van der Waals surface area contributed by atoms with Gasteiger partial charge in [0.25, 0.3) is 0 Å². The van der Waals surface area contributed by atoms with Crippen LogP contribution >= 0.6 is 0 Å². The number of hydrogen-bond donors (Lipinski definition) is 18. The molecule has 20 atom stereocenters. The second-order valence-electron chi connectivity index (χ2n) is 12.7. The summed E-state index contributed by atoms with van der Waals surface area (Å²) in [6, 6.07) is -2.59. The number of carbonyl (C=O) groups excluding carboxylic acids is 1. The molecule has 0 aromatic rings. The van der Waals surface area contributed by atoms with Gasteiger partial charge in [0.1, 0.15) is 85.4 Å². The Morgan fingerprint density at radius 3 is 1.74 bits per heavy atom. The number of aliphatic hydroxyl groups is 17. The van der Waals surface area contributed by atoms with E-state index >= 15 is 0 Å². The normalized spacial score (nSPS) is 54.7. The number of aliphatic hydroxyl groups excluding tert-OH is 14. The third-order valence-corrected chi connectivity index (χ3v) is 9.76. The molecule has 50 heavy (non-hydrogen) atoms. The van der Waals surface area contributed by atoms with Crippen molar-refractivity contribution in [1.29, 1.82) is 0 Å². The summed E-state index contributed by atoms with van der Waals surface area (Å²) in [5, 5.41) is 187. The minimum Gasteiger partial charge on any atom is -0.394 e. The molecule has 0 saturated carbocycles. The van der Waals surface area contributed by atoms with Crippen LogP contribution in [0.2, 0.25) is 0 Å². The van der Waals surface area contributed by atoms with E-state index in [0.29, 0.717) is 0 Å². The Kier molecular flexibility index (Phi) is 12.2. The molecule has 4 aliphatic rings. The first-order valence-electron chi connectivity index (χ1n) is 15.2. The Morgan fingerprint density at radius 2 is 1.22 bits per heavy atom. The van der Waals surface area contributed by atoms with Gasteiger partial charge in [-0.1, -0.05) is 0 Å². The number of rotatable bonds is 9. The van der Waals surface area contributed by atoms with E-state index in [9.17, 15) is 91.6 Å². The molecule has 10 unspecified atom stereocenters. The molecule has 0 bridgehead atoms. The quantitative estimate of drug-likeness (QED) is 0.104. The van der Waals surface area contributed by atoms with Gasteiger partial charge in [0.2, 0.25) is 23.1 Å². The van der Waals surface area contributed by atoms with Crippen molar-refractivity contribution in [3.05, 3.63) is 0 Å². The van der Waals surface area contributed by atoms with E-state index in [0.717, 1.165) is 6.92 Å². The smallest absolute Gasteiger partial charge is 0.239 e. The fourth-order valence-corrected chi connectivity index (χ4v) is 6.94. The van der Waals surface area contributed by atoms with Crippen molar-refractivity contribution < 1.29 is 115 Å². The number of hydrogen-bond acceptors (Lipinski definition) is 23. The molecule has 4 heterocycles. The maximum absolute atomic E-state index is 12.5. The van der Waals surface area contributed by atoms with Crippen LogP contribution in [-0.4, -0.2) is 240 Å². The van der Waals surface area contributed by atoms with Crippen LogP contribution < -0.4 is 5.32 Å². The van der Waals surface area contributed by atoms with Gasteiger partial charge >= 0.3 is 0 Å². The fourth-order valence-electron chi connectivity index (χ4n) is 6.94. The van der Waals surface area contributed by atoms with E-state index in [1.807, 2.05) is 5.32 Å². The molecule has 24 heteroatoms. The van der Waals surface area contributed by atoms with E-state index in [1.54, 1.807) is 0 Å². The van der Waals surface area contributed by atoms with Crippen molar-refractivity contribution in [2.24, 2.45) is 0 Å². The van der Waals surface area contributed by atoms with Gasteiger partial charge in [0.15, 0.2) is 18.2 Å². The maximum atomic E-state index is 12.5. The van der Waals surface area contributed by atoms with Gasteiger partial charge in [-0.05, 0) is 0 Å². The van der Waals surface area contributed by atoms with Crippen LogP contribution in [0.1, 0.15) is 6.92 Å². The molecule has 24 nitrogen and oxygen atoms in total. The zero-order valence-electron chi connectivity index (χ0n) is 26.1. The van der Waals surface area contributed by atoms with Crippen molar-refractivity contribution in [3.63, 3.8) is 0 Å². The van der Waals surface area contributed by atoms with Gasteiger partial charge < -0.3 is 116 Å². The highest BCUT2D eigenvalue weighted by atomic mass is 16.8. The van der Waals surface area contributed by atoms with Crippen LogP contribution in [-0.2, 0) is 28.5 Å². The Hall–Kier alpha value is -1.41. The van der Waals surface area contributed by atoms with Crippen LogP contribution in [0.4, 0.5) is 0 Å². The predicted molar refractivity (Wildman–Crippen MR) is 148 cm³/mol. The molecular weight excluding hydrogens is 694 g/mol. The minimum atomic E-state index is -4.33. The average molecular weight is 740 g/mol. The van der Waals surface area contributed by atoms with E-state index in [1.165, 1.54) is 0 Å². The average Bonchev–Trinajstić information content (AvgIpc) is 3.08. The summed E-state index contributed by atoms with van der Waals surface area (Å²) in [6.07, 6.45) is -35.6. The largest absolute Gasteiger partial charge is 0.394 e. The summed E-state index contributed by atoms with van der Waals surface area (Å²) in [5.41, 5.74) is -8.03. The first-order chi connectivity index (χ1) is 23.2. The molecule has 4 saturated heterocycles. The maximum Gasteiger partial charge on any atom is 0.239 e. The lowest BCUT2D eigenvalue weighted by Crippen LogP contribution is -2.93. The third kappa shape index (κ3) is 5.95. The zero-order chi connectivity index (χ0) is 37.9. The van der Waals surface area contributed by atoms with Gasteiger partial charge in [0.05, 0.1) is 26.4 Å². The lowest BCUT2D eigenvalue weighted by molar-refractivity contribution is -0.526. The molecule has 1 amide bonds. The van der Waals surface area contributed by atoms with Crippen molar-refractivity contribution in [3.8, 4) is 0 Å². The van der Waals surface area contributed by atoms with E-state index in [4.69, 9.17) is 23.7 Å². The first-order valence-corrected chi connectivity index (χ1v) is 15.2. The number of amides is 1. The molecule has 0 radical (unpaired) electrons. The van der Waals surface area contributed by atoms with Gasteiger partial charge in [-0.2, -0.15) is 0 Å². The Morgan fingerprint density at radius 1 is 0.660 bits per heavy atom. The molecule has 4 rings (SSSR count). The van der Waals surface area contributed by atoms with Crippen LogP contribution in [0.3, 0.4) is 0 Å². The summed E-state index contributed by atoms with van der Waals surface area (Å²) in [5.74, 6) is -9.47. The van der Waals surface area contributed by atoms with Crippen LogP contribution in [0.15, 0.2) is 0 Å². The molecule has 18 N–H and O–H groups in total. The Balaban J connectivity index is 1.95. The Labute approximate surface area is 281 Å². The van der Waals surface area contributed by atoms with Gasteiger partial charge in [-0.3, -0.25) is 4.79 Å². The number of carbonyl (C=O) groups is 1. The monoisotopic (exact) mass is 739 g/mol. The van der Waals surface area contributed by atoms with E-state index in [-0.39, 0.29) is 0 Å². The van der Waals surface area contributed by atoms with Crippen molar-refractivity contribution in [1.82, 2.24) is 5.32 Å². The molecule has 0 spiro atoms. The Bertz CT molecular complexity index is 1190. The van der Waals surface area contributed by atoms with Gasteiger partial charge in [0, 0.05) is 6.92 Å². The molecule has 0 aliphatic carbocycles. The SMILES string of the molecule is CC(=O)NC1C(O)C(O)C(CO)OC1(O)C1(O)C(O)C(O)C(CO)OC1(O)[C@]1(CO)O[C@H](O[C@H]2[C@H](O)[C@@H](O)[C@H](O)O[C@@H]2CO)[C@H](O)[C@@H](O)[C@H]1O. The summed E-state index contributed by atoms with van der Waals surface area (Å²) in [6.45, 7) is -4.82. The van der Waals surface area contributed by atoms with Crippen LogP contribution in [0, 0.1) is 0 Å². The minimum absolute atomic E-state index is 0.792. The van der Waals surface area contributed by atoms with Crippen molar-refractivity contribution in [2.45, 2.75) is 128 Å². The molecule has 4 aliphatic heterocycles.